The zero-order valence-corrected chi connectivity index (χ0v) is 15.8. The highest BCUT2D eigenvalue weighted by Gasteiger charge is 2.24. The molecule has 7 nitrogen and oxygen atoms in total. The summed E-state index contributed by atoms with van der Waals surface area (Å²) in [5, 5.41) is 6.39. The lowest BCUT2D eigenvalue weighted by Gasteiger charge is -2.34. The fraction of sp³-hybridized carbons (Fsp3) is 0.353. The molecule has 1 aliphatic heterocycles. The van der Waals surface area contributed by atoms with E-state index < -0.39 is 5.82 Å². The molecule has 2 aromatic rings. The smallest absolute Gasteiger partial charge is 0.254 e. The van der Waals surface area contributed by atoms with E-state index in [1.54, 1.807) is 24.0 Å². The second kappa shape index (κ2) is 7.96. The van der Waals surface area contributed by atoms with Crippen molar-refractivity contribution in [2.45, 2.75) is 6.92 Å². The normalized spacial score (nSPS) is 15.1. The third-order valence-corrected chi connectivity index (χ3v) is 4.49. The molecule has 0 aliphatic carbocycles. The Balaban J connectivity index is 1.50. The van der Waals surface area contributed by atoms with Gasteiger partial charge >= 0.3 is 0 Å². The number of carbonyl (C=O) groups excluding carboxylic acids is 2. The van der Waals surface area contributed by atoms with E-state index in [1.807, 2.05) is 4.90 Å². The number of hydrogen-bond acceptors (Lipinski definition) is 5. The number of aromatic nitrogens is 1. The monoisotopic (exact) mass is 424 g/mol. The van der Waals surface area contributed by atoms with Gasteiger partial charge < -0.3 is 14.7 Å². The molecule has 1 saturated heterocycles. The predicted octanol–water partition coefficient (Wildman–Crippen LogP) is 2.28. The first-order valence-corrected chi connectivity index (χ1v) is 8.91. The molecule has 0 radical (unpaired) electrons. The van der Waals surface area contributed by atoms with Gasteiger partial charge in [-0.3, -0.25) is 14.5 Å². The number of amides is 2. The van der Waals surface area contributed by atoms with Gasteiger partial charge in [0.2, 0.25) is 5.91 Å². The number of rotatable bonds is 4. The zero-order chi connectivity index (χ0) is 18.7. The molecule has 2 amide bonds. The number of anilines is 1. The lowest BCUT2D eigenvalue weighted by atomic mass is 10.1. The number of nitrogens with one attached hydrogen (secondary N) is 1. The number of aryl methyl sites for hydroxylation is 1. The molecule has 0 unspecified atom stereocenters. The van der Waals surface area contributed by atoms with E-state index >= 15 is 0 Å². The molecular formula is C17H18BrFN4O3. The van der Waals surface area contributed by atoms with E-state index in [0.717, 1.165) is 0 Å². The molecule has 1 N–H and O–H groups in total. The van der Waals surface area contributed by atoms with Crippen molar-refractivity contribution in [2.75, 3.05) is 38.0 Å². The van der Waals surface area contributed by atoms with Crippen molar-refractivity contribution in [1.82, 2.24) is 15.0 Å². The molecular weight excluding hydrogens is 407 g/mol. The summed E-state index contributed by atoms with van der Waals surface area (Å²) in [4.78, 5) is 28.2. The average molecular weight is 425 g/mol. The van der Waals surface area contributed by atoms with Crippen molar-refractivity contribution in [2.24, 2.45) is 0 Å². The molecule has 3 rings (SSSR count). The van der Waals surface area contributed by atoms with Gasteiger partial charge in [0.1, 0.15) is 11.6 Å². The van der Waals surface area contributed by atoms with Crippen molar-refractivity contribution in [1.29, 1.82) is 0 Å². The summed E-state index contributed by atoms with van der Waals surface area (Å²) in [6.45, 7) is 4.03. The van der Waals surface area contributed by atoms with Crippen molar-refractivity contribution < 1.29 is 18.5 Å². The van der Waals surface area contributed by atoms with Crippen molar-refractivity contribution in [3.8, 4) is 0 Å². The molecule has 26 heavy (non-hydrogen) atoms. The maximum atomic E-state index is 13.5. The Morgan fingerprint density at radius 1 is 1.23 bits per heavy atom. The number of carbonyl (C=O) groups is 2. The van der Waals surface area contributed by atoms with E-state index in [9.17, 15) is 14.0 Å². The molecule has 1 aliphatic rings. The Kier molecular flexibility index (Phi) is 5.67. The molecule has 2 heterocycles. The van der Waals surface area contributed by atoms with Crippen LogP contribution in [0.4, 0.5) is 10.2 Å². The second-order valence-electron chi connectivity index (χ2n) is 6.10. The van der Waals surface area contributed by atoms with Crippen LogP contribution >= 0.6 is 15.9 Å². The van der Waals surface area contributed by atoms with Crippen LogP contribution in [-0.4, -0.2) is 59.5 Å². The Bertz CT molecular complexity index is 798. The number of nitrogens with zero attached hydrogens (tertiary/aromatic N) is 3. The Morgan fingerprint density at radius 2 is 1.96 bits per heavy atom. The molecule has 0 spiro atoms. The van der Waals surface area contributed by atoms with Gasteiger partial charge in [-0.1, -0.05) is 21.1 Å². The summed E-state index contributed by atoms with van der Waals surface area (Å²) < 4.78 is 18.9. The van der Waals surface area contributed by atoms with Crippen LogP contribution in [0.2, 0.25) is 0 Å². The van der Waals surface area contributed by atoms with Gasteiger partial charge in [-0.05, 0) is 25.1 Å². The molecule has 0 bridgehead atoms. The molecule has 1 aromatic heterocycles. The number of halogens is 2. The third-order valence-electron chi connectivity index (χ3n) is 4.03. The van der Waals surface area contributed by atoms with Gasteiger partial charge in [0.25, 0.3) is 5.91 Å². The minimum Gasteiger partial charge on any atom is -0.360 e. The van der Waals surface area contributed by atoms with Gasteiger partial charge in [-0.2, -0.15) is 0 Å². The molecule has 0 saturated carbocycles. The van der Waals surface area contributed by atoms with E-state index in [2.05, 4.69) is 26.4 Å². The number of benzene rings is 1. The zero-order valence-electron chi connectivity index (χ0n) is 14.2. The average Bonchev–Trinajstić information content (AvgIpc) is 2.98. The SMILES string of the molecule is Cc1cc(NC(=O)CN2CCN(C(=O)c3cc(F)cc(Br)c3)CC2)no1. The highest BCUT2D eigenvalue weighted by atomic mass is 79.9. The summed E-state index contributed by atoms with van der Waals surface area (Å²) in [5.41, 5.74) is 0.310. The van der Waals surface area contributed by atoms with Crippen LogP contribution in [0.3, 0.4) is 0 Å². The molecule has 1 fully saturated rings. The van der Waals surface area contributed by atoms with Crippen LogP contribution < -0.4 is 5.32 Å². The fourth-order valence-corrected chi connectivity index (χ4v) is 3.25. The van der Waals surface area contributed by atoms with Gasteiger partial charge in [0.15, 0.2) is 5.82 Å². The maximum absolute atomic E-state index is 13.5. The van der Waals surface area contributed by atoms with E-state index in [-0.39, 0.29) is 18.4 Å². The summed E-state index contributed by atoms with van der Waals surface area (Å²) in [6.07, 6.45) is 0. The first kappa shape index (κ1) is 18.5. The molecule has 9 heteroatoms. The predicted molar refractivity (Wildman–Crippen MR) is 96.3 cm³/mol. The minimum absolute atomic E-state index is 0.188. The van der Waals surface area contributed by atoms with Crippen LogP contribution in [0.1, 0.15) is 16.1 Å². The van der Waals surface area contributed by atoms with Crippen LogP contribution in [0.25, 0.3) is 0 Å². The molecule has 1 aromatic carbocycles. The van der Waals surface area contributed by atoms with Crippen LogP contribution in [0.5, 0.6) is 0 Å². The Labute approximate surface area is 158 Å². The molecule has 0 atom stereocenters. The molecule has 138 valence electrons. The van der Waals surface area contributed by atoms with Crippen molar-refractivity contribution in [3.63, 3.8) is 0 Å². The van der Waals surface area contributed by atoms with Crippen LogP contribution in [-0.2, 0) is 4.79 Å². The van der Waals surface area contributed by atoms with Crippen molar-refractivity contribution in [3.05, 3.63) is 45.9 Å². The summed E-state index contributed by atoms with van der Waals surface area (Å²) in [5.74, 6) is 0.148. The van der Waals surface area contributed by atoms with E-state index in [4.69, 9.17) is 4.52 Å². The lowest BCUT2D eigenvalue weighted by molar-refractivity contribution is -0.117. The minimum atomic E-state index is -0.457. The summed E-state index contributed by atoms with van der Waals surface area (Å²) in [7, 11) is 0. The Hall–Kier alpha value is -2.26. The number of piperazine rings is 1. The first-order valence-electron chi connectivity index (χ1n) is 8.11. The Morgan fingerprint density at radius 3 is 2.58 bits per heavy atom. The van der Waals surface area contributed by atoms with E-state index in [1.165, 1.54) is 12.1 Å². The summed E-state index contributed by atoms with van der Waals surface area (Å²) in [6, 6.07) is 5.78. The summed E-state index contributed by atoms with van der Waals surface area (Å²) >= 11 is 3.20. The largest absolute Gasteiger partial charge is 0.360 e. The highest BCUT2D eigenvalue weighted by Crippen LogP contribution is 2.17. The third kappa shape index (κ3) is 4.67. The van der Waals surface area contributed by atoms with Gasteiger partial charge in [0, 0.05) is 42.3 Å². The van der Waals surface area contributed by atoms with Crippen molar-refractivity contribution >= 4 is 33.6 Å². The highest BCUT2D eigenvalue weighted by molar-refractivity contribution is 9.10. The fourth-order valence-electron chi connectivity index (χ4n) is 2.78. The first-order chi connectivity index (χ1) is 12.4. The standard InChI is InChI=1S/C17H18BrFN4O3/c1-11-6-15(21-26-11)20-16(24)10-22-2-4-23(5-3-22)17(25)12-7-13(18)9-14(19)8-12/h6-9H,2-5,10H2,1H3,(H,20,21,24). The van der Waals surface area contributed by atoms with Crippen LogP contribution in [0.15, 0.2) is 33.3 Å². The second-order valence-corrected chi connectivity index (χ2v) is 7.01. The quantitative estimate of drug-likeness (QED) is 0.814. The van der Waals surface area contributed by atoms with Gasteiger partial charge in [-0.25, -0.2) is 4.39 Å². The lowest BCUT2D eigenvalue weighted by Crippen LogP contribution is -2.50. The van der Waals surface area contributed by atoms with E-state index in [0.29, 0.717) is 47.8 Å². The van der Waals surface area contributed by atoms with Crippen LogP contribution in [0, 0.1) is 12.7 Å². The number of hydrogen-bond donors (Lipinski definition) is 1. The van der Waals surface area contributed by atoms with Gasteiger partial charge in [-0.15, -0.1) is 0 Å². The maximum Gasteiger partial charge on any atom is 0.254 e. The van der Waals surface area contributed by atoms with Gasteiger partial charge in [0.05, 0.1) is 6.54 Å². The topological polar surface area (TPSA) is 78.7 Å².